The summed E-state index contributed by atoms with van der Waals surface area (Å²) >= 11 is 10.2. The van der Waals surface area contributed by atoms with Gasteiger partial charge in [0.1, 0.15) is 4.21 Å². The van der Waals surface area contributed by atoms with Crippen LogP contribution in [0.5, 0.6) is 0 Å². The fraction of sp³-hybridized carbons (Fsp3) is 0.667. The van der Waals surface area contributed by atoms with Crippen LogP contribution in [0.4, 0.5) is 0 Å². The molecule has 7 heteroatoms. The molecule has 1 aromatic heterocycles. The Bertz CT molecular complexity index is 539. The molecular formula is C12H19BrClNO2S2. The fourth-order valence-corrected chi connectivity index (χ4v) is 6.05. The second kappa shape index (κ2) is 5.64. The lowest BCUT2D eigenvalue weighted by atomic mass is 9.82. The van der Waals surface area contributed by atoms with Gasteiger partial charge >= 0.3 is 0 Å². The van der Waals surface area contributed by atoms with Gasteiger partial charge in [0.15, 0.2) is 0 Å². The van der Waals surface area contributed by atoms with Crippen LogP contribution in [0.2, 0.25) is 5.02 Å². The monoisotopic (exact) mass is 387 g/mol. The number of hydrogen-bond acceptors (Lipinski definition) is 3. The molecule has 0 spiro atoms. The molecule has 1 aromatic rings. The maximum Gasteiger partial charge on any atom is 0.250 e. The molecule has 0 radical (unpaired) electrons. The number of hydrogen-bond donors (Lipinski definition) is 1. The summed E-state index contributed by atoms with van der Waals surface area (Å²) < 4.78 is 28.2. The van der Waals surface area contributed by atoms with E-state index >= 15 is 0 Å². The second-order valence-corrected chi connectivity index (χ2v) is 11.1. The third-order valence-electron chi connectivity index (χ3n) is 2.27. The van der Waals surface area contributed by atoms with Crippen LogP contribution in [0.3, 0.4) is 0 Å². The van der Waals surface area contributed by atoms with E-state index in [1.807, 2.05) is 13.8 Å². The second-order valence-electron chi connectivity index (χ2n) is 6.41. The third-order valence-corrected chi connectivity index (χ3v) is 6.92. The molecule has 0 aromatic carbocycles. The zero-order valence-electron chi connectivity index (χ0n) is 11.7. The molecule has 1 rings (SSSR count). The van der Waals surface area contributed by atoms with Crippen molar-refractivity contribution < 1.29 is 8.42 Å². The summed E-state index contributed by atoms with van der Waals surface area (Å²) in [6.45, 7) is 10.0. The zero-order chi connectivity index (χ0) is 15.1. The minimum absolute atomic E-state index is 0.0414. The van der Waals surface area contributed by atoms with Crippen molar-refractivity contribution in [2.24, 2.45) is 5.41 Å². The van der Waals surface area contributed by atoms with E-state index in [0.717, 1.165) is 17.8 Å². The number of thiophene rings is 1. The summed E-state index contributed by atoms with van der Waals surface area (Å²) in [7, 11) is -3.54. The van der Waals surface area contributed by atoms with E-state index in [0.29, 0.717) is 8.81 Å². The predicted molar refractivity (Wildman–Crippen MR) is 85.5 cm³/mol. The van der Waals surface area contributed by atoms with Crippen LogP contribution in [-0.2, 0) is 10.0 Å². The van der Waals surface area contributed by atoms with Gasteiger partial charge in [0.25, 0.3) is 10.0 Å². The molecule has 19 heavy (non-hydrogen) atoms. The van der Waals surface area contributed by atoms with E-state index in [1.165, 1.54) is 6.07 Å². The minimum Gasteiger partial charge on any atom is -0.206 e. The molecule has 0 aliphatic rings. The highest BCUT2D eigenvalue weighted by Crippen LogP contribution is 2.35. The molecule has 1 N–H and O–H groups in total. The van der Waals surface area contributed by atoms with Crippen molar-refractivity contribution >= 4 is 48.9 Å². The normalized spacial score (nSPS) is 13.8. The maximum absolute atomic E-state index is 12.3. The lowest BCUT2D eigenvalue weighted by Crippen LogP contribution is -2.45. The highest BCUT2D eigenvalue weighted by Gasteiger charge is 2.31. The van der Waals surface area contributed by atoms with E-state index in [-0.39, 0.29) is 9.62 Å². The highest BCUT2D eigenvalue weighted by molar-refractivity contribution is 9.11. The molecule has 110 valence electrons. The van der Waals surface area contributed by atoms with Crippen molar-refractivity contribution in [2.75, 3.05) is 0 Å². The van der Waals surface area contributed by atoms with Crippen molar-refractivity contribution in [3.8, 4) is 0 Å². The Hall–Kier alpha value is 0.380. The molecule has 3 nitrogen and oxygen atoms in total. The first kappa shape index (κ1) is 17.4. The van der Waals surface area contributed by atoms with Gasteiger partial charge in [-0.15, -0.1) is 11.3 Å². The number of halogens is 2. The Kier molecular flexibility index (Phi) is 5.17. The van der Waals surface area contributed by atoms with Gasteiger partial charge in [0, 0.05) is 5.54 Å². The first-order valence-corrected chi connectivity index (χ1v) is 9.28. The predicted octanol–water partition coefficient (Wildman–Crippen LogP) is 4.66. The summed E-state index contributed by atoms with van der Waals surface area (Å²) in [6, 6.07) is 1.46. The molecule has 0 amide bonds. The van der Waals surface area contributed by atoms with Crippen LogP contribution in [-0.4, -0.2) is 14.0 Å². The van der Waals surface area contributed by atoms with E-state index in [1.54, 1.807) is 0 Å². The topological polar surface area (TPSA) is 46.2 Å². The van der Waals surface area contributed by atoms with Gasteiger partial charge in [-0.2, -0.15) is 0 Å². The molecule has 0 fully saturated rings. The number of sulfonamides is 1. The van der Waals surface area contributed by atoms with Crippen LogP contribution in [0, 0.1) is 5.41 Å². The van der Waals surface area contributed by atoms with Gasteiger partial charge in [0.05, 0.1) is 8.81 Å². The molecule has 0 saturated carbocycles. The molecule has 0 atom stereocenters. The molecule has 0 saturated heterocycles. The molecular weight excluding hydrogens is 370 g/mol. The van der Waals surface area contributed by atoms with Gasteiger partial charge < -0.3 is 0 Å². The van der Waals surface area contributed by atoms with Crippen LogP contribution in [0.15, 0.2) is 14.1 Å². The smallest absolute Gasteiger partial charge is 0.206 e. The highest BCUT2D eigenvalue weighted by atomic mass is 79.9. The quantitative estimate of drug-likeness (QED) is 0.815. The zero-order valence-corrected chi connectivity index (χ0v) is 15.6. The average molecular weight is 389 g/mol. The van der Waals surface area contributed by atoms with Crippen LogP contribution in [0.1, 0.15) is 41.0 Å². The lowest BCUT2D eigenvalue weighted by molar-refractivity contribution is 0.269. The Labute approximate surface area is 132 Å². The molecule has 1 heterocycles. The van der Waals surface area contributed by atoms with Crippen LogP contribution < -0.4 is 4.72 Å². The van der Waals surface area contributed by atoms with E-state index < -0.39 is 15.6 Å². The molecule has 0 unspecified atom stereocenters. The molecule has 0 bridgehead atoms. The fourth-order valence-electron chi connectivity index (χ4n) is 2.24. The lowest BCUT2D eigenvalue weighted by Gasteiger charge is -2.32. The van der Waals surface area contributed by atoms with Crippen molar-refractivity contribution in [2.45, 2.75) is 50.8 Å². The van der Waals surface area contributed by atoms with Crippen molar-refractivity contribution in [3.63, 3.8) is 0 Å². The van der Waals surface area contributed by atoms with Gasteiger partial charge in [-0.25, -0.2) is 13.1 Å². The van der Waals surface area contributed by atoms with Crippen molar-refractivity contribution in [1.29, 1.82) is 0 Å². The Balaban J connectivity index is 2.97. The molecule has 0 aliphatic heterocycles. The van der Waals surface area contributed by atoms with Gasteiger partial charge in [-0.1, -0.05) is 32.4 Å². The van der Waals surface area contributed by atoms with E-state index in [4.69, 9.17) is 11.6 Å². The summed E-state index contributed by atoms with van der Waals surface area (Å²) in [4.78, 5) is 0. The number of rotatable bonds is 4. The SMILES string of the molecule is CC(C)(C)CC(C)(C)NS(=O)(=O)c1cc(Cl)c(Br)s1. The maximum atomic E-state index is 12.3. The minimum atomic E-state index is -3.54. The first-order chi connectivity index (χ1) is 8.32. The van der Waals surface area contributed by atoms with Crippen LogP contribution in [0.25, 0.3) is 0 Å². The largest absolute Gasteiger partial charge is 0.250 e. The summed E-state index contributed by atoms with van der Waals surface area (Å²) in [6.07, 6.45) is 0.736. The van der Waals surface area contributed by atoms with E-state index in [2.05, 4.69) is 41.4 Å². The Morgan fingerprint density at radius 3 is 2.21 bits per heavy atom. The summed E-state index contributed by atoms with van der Waals surface area (Å²) in [5, 5.41) is 0.416. The van der Waals surface area contributed by atoms with E-state index in [9.17, 15) is 8.42 Å². The van der Waals surface area contributed by atoms with Crippen LogP contribution >= 0.6 is 38.9 Å². The summed E-state index contributed by atoms with van der Waals surface area (Å²) in [5.41, 5.74) is -0.472. The number of nitrogens with one attached hydrogen (secondary N) is 1. The average Bonchev–Trinajstić information content (AvgIpc) is 2.40. The first-order valence-electron chi connectivity index (χ1n) is 5.81. The Morgan fingerprint density at radius 2 is 1.84 bits per heavy atom. The van der Waals surface area contributed by atoms with Gasteiger partial charge in [-0.3, -0.25) is 0 Å². The Morgan fingerprint density at radius 1 is 1.32 bits per heavy atom. The standard InChI is InChI=1S/C12H19BrClNO2S2/c1-11(2,3)7-12(4,5)15-19(16,17)9-6-8(14)10(13)18-9/h6,15H,7H2,1-5H3. The van der Waals surface area contributed by atoms with Crippen molar-refractivity contribution in [3.05, 3.63) is 14.9 Å². The van der Waals surface area contributed by atoms with Gasteiger partial charge in [0.2, 0.25) is 0 Å². The van der Waals surface area contributed by atoms with Gasteiger partial charge in [-0.05, 0) is 47.7 Å². The summed E-state index contributed by atoms with van der Waals surface area (Å²) in [5.74, 6) is 0. The molecule has 0 aliphatic carbocycles. The third kappa shape index (κ3) is 5.34. The van der Waals surface area contributed by atoms with Crippen molar-refractivity contribution in [1.82, 2.24) is 4.72 Å².